The number of halogens is 2. The highest BCUT2D eigenvalue weighted by molar-refractivity contribution is 7.12. The molecule has 1 heterocycles. The van der Waals surface area contributed by atoms with E-state index in [2.05, 4.69) is 4.98 Å². The van der Waals surface area contributed by atoms with Crippen LogP contribution in [0, 0.1) is 6.92 Å². The van der Waals surface area contributed by atoms with Gasteiger partial charge in [0.15, 0.2) is 0 Å². The van der Waals surface area contributed by atoms with Gasteiger partial charge in [0.05, 0.1) is 10.7 Å². The van der Waals surface area contributed by atoms with E-state index < -0.39 is 0 Å². The molecule has 0 aliphatic rings. The molecule has 17 heavy (non-hydrogen) atoms. The number of benzene rings is 1. The van der Waals surface area contributed by atoms with E-state index in [-0.39, 0.29) is 6.04 Å². The standard InChI is InChI=1S/C12H12Cl2N2S/c1-6(15)12-11(16-7(2)17-12)8-3-9(13)5-10(14)4-8/h3-6H,15H2,1-2H3. The van der Waals surface area contributed by atoms with Crippen molar-refractivity contribution < 1.29 is 0 Å². The molecular formula is C12H12Cl2N2S. The highest BCUT2D eigenvalue weighted by Gasteiger charge is 2.15. The second kappa shape index (κ2) is 4.94. The van der Waals surface area contributed by atoms with Gasteiger partial charge in [0, 0.05) is 26.5 Å². The van der Waals surface area contributed by atoms with E-state index in [4.69, 9.17) is 28.9 Å². The summed E-state index contributed by atoms with van der Waals surface area (Å²) in [7, 11) is 0. The Morgan fingerprint density at radius 3 is 2.35 bits per heavy atom. The van der Waals surface area contributed by atoms with Crippen molar-refractivity contribution in [1.29, 1.82) is 0 Å². The van der Waals surface area contributed by atoms with E-state index in [1.54, 1.807) is 17.4 Å². The molecule has 0 fully saturated rings. The second-order valence-electron chi connectivity index (χ2n) is 3.89. The smallest absolute Gasteiger partial charge is 0.0905 e. The fourth-order valence-electron chi connectivity index (χ4n) is 1.65. The highest BCUT2D eigenvalue weighted by atomic mass is 35.5. The minimum absolute atomic E-state index is 0.0473. The second-order valence-corrected chi connectivity index (χ2v) is 6.00. The van der Waals surface area contributed by atoms with Crippen LogP contribution < -0.4 is 5.73 Å². The summed E-state index contributed by atoms with van der Waals surface area (Å²) in [6.45, 7) is 3.91. The summed E-state index contributed by atoms with van der Waals surface area (Å²) in [5.74, 6) is 0. The van der Waals surface area contributed by atoms with Crippen LogP contribution in [-0.2, 0) is 0 Å². The fourth-order valence-corrected chi connectivity index (χ4v) is 3.08. The first-order valence-electron chi connectivity index (χ1n) is 5.16. The van der Waals surface area contributed by atoms with E-state index in [9.17, 15) is 0 Å². The molecule has 1 atom stereocenters. The lowest BCUT2D eigenvalue weighted by Crippen LogP contribution is -2.04. The first-order valence-corrected chi connectivity index (χ1v) is 6.74. The van der Waals surface area contributed by atoms with Crippen LogP contribution in [0.25, 0.3) is 11.3 Å². The van der Waals surface area contributed by atoms with Gasteiger partial charge in [-0.3, -0.25) is 0 Å². The van der Waals surface area contributed by atoms with Crippen LogP contribution in [-0.4, -0.2) is 4.98 Å². The molecule has 0 aliphatic heterocycles. The molecule has 0 radical (unpaired) electrons. The lowest BCUT2D eigenvalue weighted by atomic mass is 10.1. The molecule has 0 bridgehead atoms. The number of aromatic nitrogens is 1. The normalized spacial score (nSPS) is 12.8. The fraction of sp³-hybridized carbons (Fsp3) is 0.250. The minimum atomic E-state index is -0.0473. The Morgan fingerprint density at radius 1 is 1.24 bits per heavy atom. The maximum atomic E-state index is 6.00. The molecule has 0 spiro atoms. The average Bonchev–Trinajstić information content (AvgIpc) is 2.59. The first-order chi connectivity index (χ1) is 7.97. The predicted molar refractivity (Wildman–Crippen MR) is 74.9 cm³/mol. The Morgan fingerprint density at radius 2 is 1.82 bits per heavy atom. The van der Waals surface area contributed by atoms with Crippen molar-refractivity contribution in [2.24, 2.45) is 5.73 Å². The van der Waals surface area contributed by atoms with Gasteiger partial charge in [0.25, 0.3) is 0 Å². The maximum Gasteiger partial charge on any atom is 0.0905 e. The van der Waals surface area contributed by atoms with Gasteiger partial charge in [-0.25, -0.2) is 4.98 Å². The van der Waals surface area contributed by atoms with Crippen LogP contribution in [0.1, 0.15) is 22.9 Å². The van der Waals surface area contributed by atoms with E-state index in [0.717, 1.165) is 21.1 Å². The predicted octanol–water partition coefficient (Wildman–Crippen LogP) is 4.45. The number of aryl methyl sites for hydroxylation is 1. The Balaban J connectivity index is 2.59. The number of hydrogen-bond donors (Lipinski definition) is 1. The Bertz CT molecular complexity index is 529. The maximum absolute atomic E-state index is 6.00. The van der Waals surface area contributed by atoms with Crippen LogP contribution in [0.3, 0.4) is 0 Å². The van der Waals surface area contributed by atoms with Crippen LogP contribution in [0.15, 0.2) is 18.2 Å². The number of rotatable bonds is 2. The van der Waals surface area contributed by atoms with Gasteiger partial charge in [-0.05, 0) is 32.0 Å². The zero-order valence-corrected chi connectivity index (χ0v) is 11.8. The van der Waals surface area contributed by atoms with Crippen molar-refractivity contribution in [3.05, 3.63) is 38.1 Å². The summed E-state index contributed by atoms with van der Waals surface area (Å²) < 4.78 is 0. The lowest BCUT2D eigenvalue weighted by molar-refractivity contribution is 0.837. The third-order valence-electron chi connectivity index (χ3n) is 2.31. The number of nitrogens with two attached hydrogens (primary N) is 1. The molecule has 0 saturated heterocycles. The summed E-state index contributed by atoms with van der Waals surface area (Å²) >= 11 is 13.6. The largest absolute Gasteiger partial charge is 0.323 e. The molecule has 2 N–H and O–H groups in total. The number of nitrogens with zero attached hydrogens (tertiary/aromatic N) is 1. The van der Waals surface area contributed by atoms with Gasteiger partial charge in [-0.1, -0.05) is 23.2 Å². The van der Waals surface area contributed by atoms with E-state index >= 15 is 0 Å². The van der Waals surface area contributed by atoms with Crippen molar-refractivity contribution in [2.45, 2.75) is 19.9 Å². The Labute approximate surface area is 114 Å². The molecule has 5 heteroatoms. The molecule has 1 aromatic heterocycles. The molecule has 2 rings (SSSR count). The van der Waals surface area contributed by atoms with Gasteiger partial charge in [-0.2, -0.15) is 0 Å². The average molecular weight is 287 g/mol. The molecule has 1 unspecified atom stereocenters. The van der Waals surface area contributed by atoms with Gasteiger partial charge >= 0.3 is 0 Å². The monoisotopic (exact) mass is 286 g/mol. The van der Waals surface area contributed by atoms with E-state index in [0.29, 0.717) is 10.0 Å². The lowest BCUT2D eigenvalue weighted by Gasteiger charge is -2.06. The summed E-state index contributed by atoms with van der Waals surface area (Å²) in [5.41, 5.74) is 7.74. The molecule has 0 saturated carbocycles. The van der Waals surface area contributed by atoms with Crippen LogP contribution in [0.2, 0.25) is 10.0 Å². The van der Waals surface area contributed by atoms with Crippen molar-refractivity contribution in [1.82, 2.24) is 4.98 Å². The molecule has 2 aromatic rings. The van der Waals surface area contributed by atoms with Crippen LogP contribution in [0.5, 0.6) is 0 Å². The SMILES string of the molecule is Cc1nc(-c2cc(Cl)cc(Cl)c2)c(C(C)N)s1. The molecular weight excluding hydrogens is 275 g/mol. The van der Waals surface area contributed by atoms with E-state index in [1.807, 2.05) is 26.0 Å². The molecule has 1 aromatic carbocycles. The summed E-state index contributed by atoms with van der Waals surface area (Å²) in [6.07, 6.45) is 0. The Kier molecular flexibility index (Phi) is 3.73. The summed E-state index contributed by atoms with van der Waals surface area (Å²) in [5, 5.41) is 2.20. The topological polar surface area (TPSA) is 38.9 Å². The number of hydrogen-bond acceptors (Lipinski definition) is 3. The molecule has 0 aliphatic carbocycles. The molecule has 90 valence electrons. The van der Waals surface area contributed by atoms with Gasteiger partial charge in [-0.15, -0.1) is 11.3 Å². The van der Waals surface area contributed by atoms with Crippen molar-refractivity contribution >= 4 is 34.5 Å². The third kappa shape index (κ3) is 2.80. The number of thiazole rings is 1. The van der Waals surface area contributed by atoms with Gasteiger partial charge in [0.2, 0.25) is 0 Å². The third-order valence-corrected chi connectivity index (χ3v) is 3.92. The highest BCUT2D eigenvalue weighted by Crippen LogP contribution is 2.34. The quantitative estimate of drug-likeness (QED) is 0.886. The Hall–Kier alpha value is -0.610. The van der Waals surface area contributed by atoms with E-state index in [1.165, 1.54) is 0 Å². The van der Waals surface area contributed by atoms with Crippen molar-refractivity contribution in [2.75, 3.05) is 0 Å². The van der Waals surface area contributed by atoms with Crippen molar-refractivity contribution in [3.8, 4) is 11.3 Å². The zero-order chi connectivity index (χ0) is 12.6. The molecule has 2 nitrogen and oxygen atoms in total. The van der Waals surface area contributed by atoms with Gasteiger partial charge in [0.1, 0.15) is 0 Å². The van der Waals surface area contributed by atoms with Crippen molar-refractivity contribution in [3.63, 3.8) is 0 Å². The zero-order valence-electron chi connectivity index (χ0n) is 9.50. The first kappa shape index (κ1) is 12.8. The summed E-state index contributed by atoms with van der Waals surface area (Å²) in [6, 6.07) is 5.37. The van der Waals surface area contributed by atoms with Crippen LogP contribution >= 0.6 is 34.5 Å². The van der Waals surface area contributed by atoms with Crippen LogP contribution in [0.4, 0.5) is 0 Å². The van der Waals surface area contributed by atoms with Gasteiger partial charge < -0.3 is 5.73 Å². The molecule has 0 amide bonds. The summed E-state index contributed by atoms with van der Waals surface area (Å²) in [4.78, 5) is 5.56. The minimum Gasteiger partial charge on any atom is -0.323 e.